The molecule has 0 aliphatic heterocycles. The Morgan fingerprint density at radius 1 is 0.870 bits per heavy atom. The zero-order chi connectivity index (χ0) is 16.4. The monoisotopic (exact) mass is 300 g/mol. The number of carbonyl (C=O) groups excluding carboxylic acids is 1. The minimum Gasteiger partial charge on any atom is -0.299 e. The Bertz CT molecular complexity index is 896. The highest BCUT2D eigenvalue weighted by atomic mass is 16.1. The third-order valence-electron chi connectivity index (χ3n) is 4.15. The summed E-state index contributed by atoms with van der Waals surface area (Å²) < 4.78 is 0. The van der Waals surface area contributed by atoms with Crippen LogP contribution < -0.4 is 0 Å². The van der Waals surface area contributed by atoms with E-state index in [0.29, 0.717) is 0 Å². The summed E-state index contributed by atoms with van der Waals surface area (Å²) in [4.78, 5) is 10.8. The molecule has 0 bridgehead atoms. The van der Waals surface area contributed by atoms with E-state index in [1.165, 1.54) is 38.6 Å². The molecule has 1 heteroatoms. The van der Waals surface area contributed by atoms with Crippen LogP contribution in [0.1, 0.15) is 22.3 Å². The van der Waals surface area contributed by atoms with Gasteiger partial charge in [-0.1, -0.05) is 65.7 Å². The molecule has 0 amide bonds. The Labute approximate surface area is 137 Å². The number of benzene rings is 3. The SMILES string of the molecule is Cc1cc(C)cc(-c2c(/C=C/C=O)c(C)cc3ccccc23)c1. The van der Waals surface area contributed by atoms with E-state index in [1.807, 2.05) is 6.08 Å². The highest BCUT2D eigenvalue weighted by Crippen LogP contribution is 2.36. The van der Waals surface area contributed by atoms with Crippen LogP contribution in [0.3, 0.4) is 0 Å². The molecule has 0 unspecified atom stereocenters. The molecule has 0 aromatic heterocycles. The van der Waals surface area contributed by atoms with Crippen LogP contribution in [0.15, 0.2) is 54.6 Å². The molecule has 3 aromatic carbocycles. The van der Waals surface area contributed by atoms with E-state index in [9.17, 15) is 4.79 Å². The van der Waals surface area contributed by atoms with E-state index in [4.69, 9.17) is 0 Å². The van der Waals surface area contributed by atoms with Crippen molar-refractivity contribution in [1.82, 2.24) is 0 Å². The zero-order valence-corrected chi connectivity index (χ0v) is 13.8. The predicted octanol–water partition coefficient (Wildman–Crippen LogP) is 5.64. The number of fused-ring (bicyclic) bond motifs is 1. The molecule has 0 heterocycles. The normalized spacial score (nSPS) is 11.3. The number of aryl methyl sites for hydroxylation is 3. The molecule has 114 valence electrons. The van der Waals surface area contributed by atoms with Gasteiger partial charge >= 0.3 is 0 Å². The van der Waals surface area contributed by atoms with Crippen molar-refractivity contribution in [2.24, 2.45) is 0 Å². The topological polar surface area (TPSA) is 17.1 Å². The van der Waals surface area contributed by atoms with E-state index in [1.54, 1.807) is 6.08 Å². The van der Waals surface area contributed by atoms with E-state index >= 15 is 0 Å². The Hall–Kier alpha value is -2.67. The second kappa shape index (κ2) is 6.21. The molecule has 3 aromatic rings. The van der Waals surface area contributed by atoms with Gasteiger partial charge in [0.05, 0.1) is 0 Å². The third kappa shape index (κ3) is 2.95. The predicted molar refractivity (Wildman–Crippen MR) is 98.7 cm³/mol. The van der Waals surface area contributed by atoms with Gasteiger partial charge in [0.25, 0.3) is 0 Å². The molecular formula is C22H20O. The van der Waals surface area contributed by atoms with Crippen LogP contribution in [-0.4, -0.2) is 6.29 Å². The maximum Gasteiger partial charge on any atom is 0.142 e. The maximum atomic E-state index is 10.8. The van der Waals surface area contributed by atoms with Crippen LogP contribution in [0.25, 0.3) is 28.0 Å². The lowest BCUT2D eigenvalue weighted by Crippen LogP contribution is -1.92. The van der Waals surface area contributed by atoms with Crippen molar-refractivity contribution in [3.8, 4) is 11.1 Å². The van der Waals surface area contributed by atoms with E-state index in [2.05, 4.69) is 69.3 Å². The van der Waals surface area contributed by atoms with Crippen LogP contribution in [0.4, 0.5) is 0 Å². The highest BCUT2D eigenvalue weighted by Gasteiger charge is 2.12. The molecule has 23 heavy (non-hydrogen) atoms. The van der Waals surface area contributed by atoms with Crippen molar-refractivity contribution in [3.63, 3.8) is 0 Å². The van der Waals surface area contributed by atoms with E-state index in [0.717, 1.165) is 11.8 Å². The Morgan fingerprint density at radius 3 is 2.26 bits per heavy atom. The quantitative estimate of drug-likeness (QED) is 0.451. The maximum absolute atomic E-state index is 10.8. The van der Waals surface area contributed by atoms with Crippen LogP contribution in [0, 0.1) is 20.8 Å². The van der Waals surface area contributed by atoms with Crippen LogP contribution >= 0.6 is 0 Å². The van der Waals surface area contributed by atoms with Gasteiger partial charge in [0, 0.05) is 0 Å². The molecule has 1 nitrogen and oxygen atoms in total. The van der Waals surface area contributed by atoms with Crippen molar-refractivity contribution in [3.05, 3.63) is 76.9 Å². The van der Waals surface area contributed by atoms with E-state index in [-0.39, 0.29) is 0 Å². The van der Waals surface area contributed by atoms with Gasteiger partial charge in [-0.2, -0.15) is 0 Å². The molecule has 0 atom stereocenters. The molecule has 0 N–H and O–H groups in total. The van der Waals surface area contributed by atoms with Gasteiger partial charge in [-0.3, -0.25) is 4.79 Å². The number of allylic oxidation sites excluding steroid dienone is 1. The Morgan fingerprint density at radius 2 is 1.57 bits per heavy atom. The summed E-state index contributed by atoms with van der Waals surface area (Å²) in [5, 5.41) is 2.44. The average Bonchev–Trinajstić information content (AvgIpc) is 2.51. The second-order valence-electron chi connectivity index (χ2n) is 6.07. The fourth-order valence-corrected chi connectivity index (χ4v) is 3.28. The number of rotatable bonds is 3. The first-order chi connectivity index (χ1) is 11.1. The lowest BCUT2D eigenvalue weighted by Gasteiger charge is -2.15. The van der Waals surface area contributed by atoms with Crippen molar-refractivity contribution < 1.29 is 4.79 Å². The van der Waals surface area contributed by atoms with Crippen molar-refractivity contribution in [2.45, 2.75) is 20.8 Å². The highest BCUT2D eigenvalue weighted by molar-refractivity contribution is 6.02. The summed E-state index contributed by atoms with van der Waals surface area (Å²) in [6.07, 6.45) is 4.32. The smallest absolute Gasteiger partial charge is 0.142 e. The number of hydrogen-bond acceptors (Lipinski definition) is 1. The van der Waals surface area contributed by atoms with Gasteiger partial charge in [-0.15, -0.1) is 0 Å². The van der Waals surface area contributed by atoms with Crippen molar-refractivity contribution in [1.29, 1.82) is 0 Å². The standard InChI is InChI=1S/C22H20O/c1-15-11-16(2)13-19(12-15)22-20(9-6-10-23)17(3)14-18-7-4-5-8-21(18)22/h4-14H,1-3H3/b9-6+. The third-order valence-corrected chi connectivity index (χ3v) is 4.15. The number of carbonyl (C=O) groups is 1. The van der Waals surface area contributed by atoms with Crippen molar-refractivity contribution in [2.75, 3.05) is 0 Å². The first-order valence-electron chi connectivity index (χ1n) is 7.83. The summed E-state index contributed by atoms with van der Waals surface area (Å²) in [6, 6.07) is 17.2. The summed E-state index contributed by atoms with van der Waals surface area (Å²) in [5.74, 6) is 0. The number of aldehydes is 1. The minimum absolute atomic E-state index is 0.833. The van der Waals surface area contributed by atoms with E-state index < -0.39 is 0 Å². The van der Waals surface area contributed by atoms with Crippen LogP contribution in [0.5, 0.6) is 0 Å². The fraction of sp³-hybridized carbons (Fsp3) is 0.136. The second-order valence-corrected chi connectivity index (χ2v) is 6.07. The van der Waals surface area contributed by atoms with Gasteiger partial charge < -0.3 is 0 Å². The summed E-state index contributed by atoms with van der Waals surface area (Å²) in [6.45, 7) is 6.34. The van der Waals surface area contributed by atoms with Gasteiger partial charge in [0.15, 0.2) is 0 Å². The fourth-order valence-electron chi connectivity index (χ4n) is 3.28. The van der Waals surface area contributed by atoms with Gasteiger partial charge in [-0.05, 0) is 59.9 Å². The summed E-state index contributed by atoms with van der Waals surface area (Å²) >= 11 is 0. The van der Waals surface area contributed by atoms with Crippen LogP contribution in [0.2, 0.25) is 0 Å². The lowest BCUT2D eigenvalue weighted by atomic mass is 9.88. The summed E-state index contributed by atoms with van der Waals surface area (Å²) in [5.41, 5.74) is 7.18. The molecule has 0 fully saturated rings. The van der Waals surface area contributed by atoms with Gasteiger partial charge in [0.2, 0.25) is 0 Å². The molecule has 0 saturated heterocycles. The lowest BCUT2D eigenvalue weighted by molar-refractivity contribution is -0.104. The van der Waals surface area contributed by atoms with Gasteiger partial charge in [0.1, 0.15) is 6.29 Å². The molecule has 0 saturated carbocycles. The first-order valence-corrected chi connectivity index (χ1v) is 7.83. The minimum atomic E-state index is 0.833. The first kappa shape index (κ1) is 15.2. The summed E-state index contributed by atoms with van der Waals surface area (Å²) in [7, 11) is 0. The van der Waals surface area contributed by atoms with Gasteiger partial charge in [-0.25, -0.2) is 0 Å². The van der Waals surface area contributed by atoms with Crippen molar-refractivity contribution >= 4 is 23.1 Å². The molecular weight excluding hydrogens is 280 g/mol. The Kier molecular flexibility index (Phi) is 4.12. The zero-order valence-electron chi connectivity index (χ0n) is 13.8. The largest absolute Gasteiger partial charge is 0.299 e. The average molecular weight is 300 g/mol. The van der Waals surface area contributed by atoms with Crippen LogP contribution in [-0.2, 0) is 4.79 Å². The molecule has 0 spiro atoms. The molecule has 0 aliphatic rings. The number of hydrogen-bond donors (Lipinski definition) is 0. The molecule has 3 rings (SSSR count). The Balaban J connectivity index is 2.44. The molecule has 0 radical (unpaired) electrons. The molecule has 0 aliphatic carbocycles.